The molecule has 80 valence electrons. The summed E-state index contributed by atoms with van der Waals surface area (Å²) in [5, 5.41) is 2.53. The first-order valence-electron chi connectivity index (χ1n) is 4.67. The van der Waals surface area contributed by atoms with Crippen molar-refractivity contribution >= 4 is 6.03 Å². The van der Waals surface area contributed by atoms with Gasteiger partial charge in [-0.2, -0.15) is 0 Å². The van der Waals surface area contributed by atoms with Gasteiger partial charge in [-0.25, -0.2) is 4.79 Å². The number of carbonyl (C=O) groups excluding carboxylic acids is 1. The quantitative estimate of drug-likeness (QED) is 0.765. The maximum Gasteiger partial charge on any atom is 0.312 e. The highest BCUT2D eigenvalue weighted by atomic mass is 16.7. The number of fused-ring (bicyclic) bond motifs is 1. The van der Waals surface area contributed by atoms with Gasteiger partial charge in [-0.15, -0.1) is 0 Å². The number of rotatable bonds is 3. The second kappa shape index (κ2) is 4.08. The molecular weight excluding hydrogens is 196 g/mol. The molecule has 0 unspecified atom stereocenters. The number of benzene rings is 1. The molecule has 0 saturated carbocycles. The van der Waals surface area contributed by atoms with Gasteiger partial charge >= 0.3 is 6.03 Å². The van der Waals surface area contributed by atoms with Gasteiger partial charge in [0.1, 0.15) is 0 Å². The normalized spacial score (nSPS) is 12.5. The van der Waals surface area contributed by atoms with E-state index in [1.54, 1.807) is 0 Å². The SMILES string of the molecule is NC(=O)NCCc1ccc2c(c1)OCO2. The molecule has 0 aliphatic carbocycles. The van der Waals surface area contributed by atoms with Crippen LogP contribution in [-0.2, 0) is 6.42 Å². The Labute approximate surface area is 87.2 Å². The van der Waals surface area contributed by atoms with Crippen LogP contribution in [0.4, 0.5) is 4.79 Å². The Balaban J connectivity index is 1.95. The van der Waals surface area contributed by atoms with E-state index in [0.717, 1.165) is 23.5 Å². The first-order valence-corrected chi connectivity index (χ1v) is 4.67. The number of amides is 2. The number of nitrogens with one attached hydrogen (secondary N) is 1. The Kier molecular flexibility index (Phi) is 2.62. The maximum absolute atomic E-state index is 10.4. The summed E-state index contributed by atoms with van der Waals surface area (Å²) < 4.78 is 10.4. The molecule has 0 radical (unpaired) electrons. The molecule has 1 aromatic rings. The lowest BCUT2D eigenvalue weighted by molar-refractivity contribution is 0.174. The van der Waals surface area contributed by atoms with E-state index in [-0.39, 0.29) is 6.79 Å². The average molecular weight is 208 g/mol. The van der Waals surface area contributed by atoms with Crippen molar-refractivity contribution in [1.82, 2.24) is 5.32 Å². The van der Waals surface area contributed by atoms with E-state index in [9.17, 15) is 4.79 Å². The summed E-state index contributed by atoms with van der Waals surface area (Å²) in [6, 6.07) is 5.21. The van der Waals surface area contributed by atoms with Crippen LogP contribution in [0.5, 0.6) is 11.5 Å². The monoisotopic (exact) mass is 208 g/mol. The van der Waals surface area contributed by atoms with Crippen LogP contribution in [0.2, 0.25) is 0 Å². The van der Waals surface area contributed by atoms with Crippen molar-refractivity contribution in [3.63, 3.8) is 0 Å². The van der Waals surface area contributed by atoms with Crippen LogP contribution < -0.4 is 20.5 Å². The number of primary amides is 1. The van der Waals surface area contributed by atoms with E-state index in [2.05, 4.69) is 5.32 Å². The number of nitrogens with two attached hydrogens (primary N) is 1. The Morgan fingerprint density at radius 3 is 3.00 bits per heavy atom. The van der Waals surface area contributed by atoms with Crippen molar-refractivity contribution in [2.75, 3.05) is 13.3 Å². The third-order valence-corrected chi connectivity index (χ3v) is 2.15. The maximum atomic E-state index is 10.4. The summed E-state index contributed by atoms with van der Waals surface area (Å²) in [7, 11) is 0. The predicted octanol–water partition coefficient (Wildman–Crippen LogP) is 0.626. The molecule has 1 aromatic carbocycles. The second-order valence-corrected chi connectivity index (χ2v) is 3.23. The zero-order valence-corrected chi connectivity index (χ0v) is 8.16. The van der Waals surface area contributed by atoms with Gasteiger partial charge in [-0.3, -0.25) is 0 Å². The highest BCUT2D eigenvalue weighted by molar-refractivity contribution is 5.71. The Bertz CT molecular complexity index is 379. The number of hydrogen-bond donors (Lipinski definition) is 2. The Morgan fingerprint density at radius 1 is 1.40 bits per heavy atom. The minimum absolute atomic E-state index is 0.276. The van der Waals surface area contributed by atoms with Crippen LogP contribution in [0.25, 0.3) is 0 Å². The van der Waals surface area contributed by atoms with E-state index in [4.69, 9.17) is 15.2 Å². The summed E-state index contributed by atoms with van der Waals surface area (Å²) in [4.78, 5) is 10.4. The van der Waals surface area contributed by atoms with E-state index in [0.29, 0.717) is 6.54 Å². The highest BCUT2D eigenvalue weighted by Gasteiger charge is 2.12. The first kappa shape index (κ1) is 9.64. The van der Waals surface area contributed by atoms with Crippen molar-refractivity contribution in [3.05, 3.63) is 23.8 Å². The molecule has 0 atom stereocenters. The largest absolute Gasteiger partial charge is 0.454 e. The van der Waals surface area contributed by atoms with Crippen LogP contribution in [0.1, 0.15) is 5.56 Å². The van der Waals surface area contributed by atoms with Crippen molar-refractivity contribution in [2.45, 2.75) is 6.42 Å². The van der Waals surface area contributed by atoms with E-state index in [1.807, 2.05) is 18.2 Å². The van der Waals surface area contributed by atoms with Crippen molar-refractivity contribution in [2.24, 2.45) is 5.73 Å². The minimum atomic E-state index is -0.504. The lowest BCUT2D eigenvalue weighted by Crippen LogP contribution is -2.30. The molecule has 0 spiro atoms. The van der Waals surface area contributed by atoms with Gasteiger partial charge in [0.05, 0.1) is 0 Å². The smallest absolute Gasteiger partial charge is 0.312 e. The second-order valence-electron chi connectivity index (χ2n) is 3.23. The van der Waals surface area contributed by atoms with Gasteiger partial charge in [0.2, 0.25) is 6.79 Å². The lowest BCUT2D eigenvalue weighted by atomic mass is 10.1. The predicted molar refractivity (Wildman–Crippen MR) is 53.9 cm³/mol. The Morgan fingerprint density at radius 2 is 2.20 bits per heavy atom. The van der Waals surface area contributed by atoms with Crippen molar-refractivity contribution < 1.29 is 14.3 Å². The van der Waals surface area contributed by atoms with Gasteiger partial charge in [0.25, 0.3) is 0 Å². The number of hydrogen-bond acceptors (Lipinski definition) is 3. The molecule has 2 amide bonds. The minimum Gasteiger partial charge on any atom is -0.454 e. The molecular formula is C10H12N2O3. The summed E-state index contributed by atoms with van der Waals surface area (Å²) >= 11 is 0. The summed E-state index contributed by atoms with van der Waals surface area (Å²) in [5.74, 6) is 1.52. The van der Waals surface area contributed by atoms with Gasteiger partial charge in [-0.05, 0) is 24.1 Å². The highest BCUT2D eigenvalue weighted by Crippen LogP contribution is 2.32. The number of ether oxygens (including phenoxy) is 2. The van der Waals surface area contributed by atoms with Gasteiger partial charge < -0.3 is 20.5 Å². The molecule has 1 aliphatic rings. The van der Waals surface area contributed by atoms with E-state index >= 15 is 0 Å². The molecule has 1 aliphatic heterocycles. The van der Waals surface area contributed by atoms with Crippen molar-refractivity contribution in [1.29, 1.82) is 0 Å². The standard InChI is InChI=1S/C10H12N2O3/c11-10(13)12-4-3-7-1-2-8-9(5-7)15-6-14-8/h1-2,5H,3-4,6H2,(H3,11,12,13). The van der Waals surface area contributed by atoms with Crippen LogP contribution in [-0.4, -0.2) is 19.4 Å². The summed E-state index contributed by atoms with van der Waals surface area (Å²) in [6.07, 6.45) is 0.722. The van der Waals surface area contributed by atoms with Crippen LogP contribution in [0.15, 0.2) is 18.2 Å². The van der Waals surface area contributed by atoms with Gasteiger partial charge in [-0.1, -0.05) is 6.07 Å². The van der Waals surface area contributed by atoms with Crippen molar-refractivity contribution in [3.8, 4) is 11.5 Å². The zero-order chi connectivity index (χ0) is 10.7. The third-order valence-electron chi connectivity index (χ3n) is 2.15. The van der Waals surface area contributed by atoms with Gasteiger partial charge in [0, 0.05) is 6.54 Å². The van der Waals surface area contributed by atoms with Gasteiger partial charge in [0.15, 0.2) is 11.5 Å². The summed E-state index contributed by atoms with van der Waals surface area (Å²) in [5.41, 5.74) is 6.03. The molecule has 0 saturated heterocycles. The number of carbonyl (C=O) groups is 1. The first-order chi connectivity index (χ1) is 7.25. The molecule has 0 aromatic heterocycles. The number of urea groups is 1. The fraction of sp³-hybridized carbons (Fsp3) is 0.300. The van der Waals surface area contributed by atoms with Crippen LogP contribution in [0, 0.1) is 0 Å². The lowest BCUT2D eigenvalue weighted by Gasteiger charge is -2.03. The molecule has 5 nitrogen and oxygen atoms in total. The van der Waals surface area contributed by atoms with E-state index in [1.165, 1.54) is 0 Å². The molecule has 2 rings (SSSR count). The third kappa shape index (κ3) is 2.31. The topological polar surface area (TPSA) is 73.6 Å². The molecule has 0 bridgehead atoms. The molecule has 0 fully saturated rings. The fourth-order valence-electron chi connectivity index (χ4n) is 1.43. The van der Waals surface area contributed by atoms with E-state index < -0.39 is 6.03 Å². The molecule has 3 N–H and O–H groups in total. The Hall–Kier alpha value is -1.91. The molecule has 15 heavy (non-hydrogen) atoms. The summed E-state index contributed by atoms with van der Waals surface area (Å²) in [6.45, 7) is 0.799. The fourth-order valence-corrected chi connectivity index (χ4v) is 1.43. The van der Waals surface area contributed by atoms with Crippen LogP contribution >= 0.6 is 0 Å². The molecule has 1 heterocycles. The van der Waals surface area contributed by atoms with Crippen LogP contribution in [0.3, 0.4) is 0 Å². The zero-order valence-electron chi connectivity index (χ0n) is 8.16. The average Bonchev–Trinajstić information content (AvgIpc) is 2.64. The molecule has 5 heteroatoms.